The molecule has 5 heteroatoms. The Kier molecular flexibility index (Phi) is 4.25. The van der Waals surface area contributed by atoms with Crippen LogP contribution in [-0.4, -0.2) is 23.9 Å². The first kappa shape index (κ1) is 16.1. The lowest BCUT2D eigenvalue weighted by molar-refractivity contribution is -0.0756. The third-order valence-corrected chi connectivity index (χ3v) is 4.19. The molecule has 0 aliphatic carbocycles. The van der Waals surface area contributed by atoms with Crippen molar-refractivity contribution in [1.82, 2.24) is 10.5 Å². The minimum atomic E-state index is -0.200. The van der Waals surface area contributed by atoms with Gasteiger partial charge in [-0.1, -0.05) is 44.1 Å². The van der Waals surface area contributed by atoms with Crippen LogP contribution in [0.2, 0.25) is 0 Å². The smallest absolute Gasteiger partial charge is 0.142 e. The van der Waals surface area contributed by atoms with Crippen LogP contribution < -0.4 is 5.32 Å². The van der Waals surface area contributed by atoms with Gasteiger partial charge in [0.2, 0.25) is 0 Å². The summed E-state index contributed by atoms with van der Waals surface area (Å²) < 4.78 is 24.6. The second-order valence-corrected chi connectivity index (χ2v) is 7.33. The molecule has 1 N–H and O–H groups in total. The first-order valence-electron chi connectivity index (χ1n) is 7.90. The van der Waals surface area contributed by atoms with E-state index in [2.05, 4.69) is 31.2 Å². The van der Waals surface area contributed by atoms with Crippen molar-refractivity contribution in [2.75, 3.05) is 13.2 Å². The number of aromatic nitrogens is 1. The monoisotopic (exact) mass is 318 g/mol. The van der Waals surface area contributed by atoms with E-state index in [4.69, 9.17) is 9.26 Å². The lowest BCUT2D eigenvalue weighted by atomic mass is 9.89. The highest BCUT2D eigenvalue weighted by Crippen LogP contribution is 2.27. The minimum Gasteiger partial charge on any atom is -0.377 e. The Hall–Kier alpha value is -1.72. The van der Waals surface area contributed by atoms with Crippen molar-refractivity contribution in [2.24, 2.45) is 0 Å². The summed E-state index contributed by atoms with van der Waals surface area (Å²) in [6, 6.07) is 8.82. The van der Waals surface area contributed by atoms with Crippen LogP contribution in [0.3, 0.4) is 0 Å². The Morgan fingerprint density at radius 2 is 2.00 bits per heavy atom. The van der Waals surface area contributed by atoms with Gasteiger partial charge in [0, 0.05) is 30.0 Å². The summed E-state index contributed by atoms with van der Waals surface area (Å²) in [4.78, 5) is 0. The first-order valence-corrected chi connectivity index (χ1v) is 7.90. The molecule has 1 aromatic carbocycles. The zero-order chi connectivity index (χ0) is 16.5. The van der Waals surface area contributed by atoms with Crippen LogP contribution in [0.25, 0.3) is 0 Å². The van der Waals surface area contributed by atoms with Crippen molar-refractivity contribution in [3.8, 4) is 0 Å². The third-order valence-electron chi connectivity index (χ3n) is 4.19. The molecule has 1 aromatic heterocycles. The molecule has 1 aliphatic rings. The number of hydrogen-bond acceptors (Lipinski definition) is 4. The largest absolute Gasteiger partial charge is 0.377 e. The lowest BCUT2D eigenvalue weighted by Gasteiger charge is -2.42. The average molecular weight is 318 g/mol. The van der Waals surface area contributed by atoms with Gasteiger partial charge in [0.05, 0.1) is 24.4 Å². The molecule has 0 radical (unpaired) electrons. The van der Waals surface area contributed by atoms with Crippen LogP contribution in [0.1, 0.15) is 37.8 Å². The van der Waals surface area contributed by atoms with Gasteiger partial charge in [-0.2, -0.15) is 0 Å². The number of hydrogen-bond donors (Lipinski definition) is 1. The van der Waals surface area contributed by atoms with Gasteiger partial charge < -0.3 is 14.6 Å². The molecule has 1 aliphatic heterocycles. The standard InChI is InChI=1S/C18H23FN2O2/c1-17(2,3)16-8-14(21-23-16)9-18(11-22-12-18)20-10-13-6-4-5-7-15(13)19/h4-8,20H,9-12H2,1-3H3. The van der Waals surface area contributed by atoms with E-state index in [1.807, 2.05) is 12.1 Å². The lowest BCUT2D eigenvalue weighted by Crippen LogP contribution is -2.61. The summed E-state index contributed by atoms with van der Waals surface area (Å²) >= 11 is 0. The molecule has 0 atom stereocenters. The summed E-state index contributed by atoms with van der Waals surface area (Å²) in [6.07, 6.45) is 0.709. The quantitative estimate of drug-likeness (QED) is 0.919. The number of nitrogens with zero attached hydrogens (tertiary/aromatic N) is 1. The molecular formula is C18H23FN2O2. The molecule has 2 heterocycles. The van der Waals surface area contributed by atoms with E-state index < -0.39 is 0 Å². The second kappa shape index (κ2) is 6.06. The van der Waals surface area contributed by atoms with E-state index in [9.17, 15) is 4.39 Å². The van der Waals surface area contributed by atoms with E-state index in [-0.39, 0.29) is 16.8 Å². The van der Waals surface area contributed by atoms with E-state index >= 15 is 0 Å². The predicted molar refractivity (Wildman–Crippen MR) is 85.7 cm³/mol. The van der Waals surface area contributed by atoms with Crippen molar-refractivity contribution >= 4 is 0 Å². The molecule has 1 saturated heterocycles. The van der Waals surface area contributed by atoms with Gasteiger partial charge in [-0.15, -0.1) is 0 Å². The number of ether oxygens (including phenoxy) is 1. The van der Waals surface area contributed by atoms with Crippen molar-refractivity contribution in [3.63, 3.8) is 0 Å². The minimum absolute atomic E-state index is 0.0604. The molecule has 0 bridgehead atoms. The summed E-state index contributed by atoms with van der Waals surface area (Å²) in [6.45, 7) is 7.94. The molecule has 0 saturated carbocycles. The van der Waals surface area contributed by atoms with Gasteiger partial charge >= 0.3 is 0 Å². The number of nitrogens with one attached hydrogen (secondary N) is 1. The Balaban J connectivity index is 1.67. The molecule has 4 nitrogen and oxygen atoms in total. The fraction of sp³-hybridized carbons (Fsp3) is 0.500. The SMILES string of the molecule is CC(C)(C)c1cc(CC2(NCc3ccccc3F)COC2)no1. The van der Waals surface area contributed by atoms with E-state index in [0.29, 0.717) is 31.7 Å². The van der Waals surface area contributed by atoms with E-state index in [1.54, 1.807) is 12.1 Å². The van der Waals surface area contributed by atoms with Crippen LogP contribution in [-0.2, 0) is 23.1 Å². The molecule has 124 valence electrons. The van der Waals surface area contributed by atoms with Gasteiger partial charge in [0.25, 0.3) is 0 Å². The maximum atomic E-state index is 13.7. The normalized spacial score (nSPS) is 17.0. The van der Waals surface area contributed by atoms with Crippen molar-refractivity contribution in [1.29, 1.82) is 0 Å². The Bertz CT molecular complexity index is 672. The molecule has 0 amide bonds. The maximum Gasteiger partial charge on any atom is 0.142 e. The summed E-state index contributed by atoms with van der Waals surface area (Å²) in [5, 5.41) is 7.62. The van der Waals surface area contributed by atoms with Gasteiger partial charge in [0.1, 0.15) is 11.6 Å². The van der Waals surface area contributed by atoms with Gasteiger partial charge in [-0.3, -0.25) is 0 Å². The maximum absolute atomic E-state index is 13.7. The highest BCUT2D eigenvalue weighted by molar-refractivity contribution is 5.19. The molecular weight excluding hydrogens is 295 g/mol. The highest BCUT2D eigenvalue weighted by Gasteiger charge is 2.39. The zero-order valence-corrected chi connectivity index (χ0v) is 13.9. The first-order chi connectivity index (χ1) is 10.9. The highest BCUT2D eigenvalue weighted by atomic mass is 19.1. The molecule has 0 unspecified atom stereocenters. The Morgan fingerprint density at radius 1 is 1.26 bits per heavy atom. The van der Waals surface area contributed by atoms with Crippen LogP contribution in [0.15, 0.2) is 34.9 Å². The average Bonchev–Trinajstić information content (AvgIpc) is 2.92. The second-order valence-electron chi connectivity index (χ2n) is 7.33. The summed E-state index contributed by atoms with van der Waals surface area (Å²) in [7, 11) is 0. The van der Waals surface area contributed by atoms with Gasteiger partial charge in [-0.25, -0.2) is 4.39 Å². The van der Waals surface area contributed by atoms with Crippen molar-refractivity contribution < 1.29 is 13.7 Å². The number of halogens is 1. The van der Waals surface area contributed by atoms with Crippen molar-refractivity contribution in [3.05, 3.63) is 53.2 Å². The van der Waals surface area contributed by atoms with Crippen LogP contribution in [0, 0.1) is 5.82 Å². The fourth-order valence-corrected chi connectivity index (χ4v) is 2.63. The van der Waals surface area contributed by atoms with Gasteiger partial charge in [-0.05, 0) is 6.07 Å². The van der Waals surface area contributed by atoms with E-state index in [1.165, 1.54) is 6.07 Å². The van der Waals surface area contributed by atoms with Crippen LogP contribution >= 0.6 is 0 Å². The topological polar surface area (TPSA) is 47.3 Å². The molecule has 1 fully saturated rings. The number of rotatable bonds is 5. The molecule has 2 aromatic rings. The van der Waals surface area contributed by atoms with Crippen LogP contribution in [0.5, 0.6) is 0 Å². The third kappa shape index (κ3) is 3.62. The van der Waals surface area contributed by atoms with E-state index in [0.717, 1.165) is 11.5 Å². The molecule has 23 heavy (non-hydrogen) atoms. The molecule has 3 rings (SSSR count). The number of benzene rings is 1. The Morgan fingerprint density at radius 3 is 2.57 bits per heavy atom. The fourth-order valence-electron chi connectivity index (χ4n) is 2.63. The van der Waals surface area contributed by atoms with Gasteiger partial charge in [0.15, 0.2) is 0 Å². The van der Waals surface area contributed by atoms with Crippen molar-refractivity contribution in [2.45, 2.75) is 44.7 Å². The van der Waals surface area contributed by atoms with Crippen LogP contribution in [0.4, 0.5) is 4.39 Å². The Labute approximate surface area is 136 Å². The predicted octanol–water partition coefficient (Wildman–Crippen LogP) is 3.21. The summed E-state index contributed by atoms with van der Waals surface area (Å²) in [5.74, 6) is 0.684. The zero-order valence-electron chi connectivity index (χ0n) is 13.9. The summed E-state index contributed by atoms with van der Waals surface area (Å²) in [5.41, 5.74) is 1.30. The molecule has 0 spiro atoms.